The minimum atomic E-state index is -1.73. The minimum Gasteiger partial charge on any atom is -0.481 e. The number of nitrogens with two attached hydrogens (primary N) is 2. The zero-order chi connectivity index (χ0) is 61.6. The second-order valence-electron chi connectivity index (χ2n) is 20.0. The molecule has 32 heteroatoms. The van der Waals surface area contributed by atoms with Crippen molar-refractivity contribution in [2.24, 2.45) is 11.5 Å². The van der Waals surface area contributed by atoms with Crippen molar-refractivity contribution in [3.8, 4) is 0 Å². The van der Waals surface area contributed by atoms with E-state index in [0.29, 0.717) is 21.7 Å². The summed E-state index contributed by atoms with van der Waals surface area (Å²) in [6.07, 6.45) is 2.45. The van der Waals surface area contributed by atoms with Crippen LogP contribution in [0, 0.1) is 10.8 Å². The van der Waals surface area contributed by atoms with Gasteiger partial charge in [-0.1, -0.05) is 70.1 Å². The number of benzene rings is 2. The molecule has 0 saturated carbocycles. The first-order valence-electron chi connectivity index (χ1n) is 27.1. The third-order valence-electron chi connectivity index (χ3n) is 13.6. The zero-order valence-electron chi connectivity index (χ0n) is 46.3. The number of nitrogens with zero attached hydrogens (tertiary/aromatic N) is 2. The van der Waals surface area contributed by atoms with Crippen LogP contribution in [0.25, 0.3) is 10.9 Å². The SMILES string of the molecule is CC(=O)[C@@H]1CSSC[C@H](NC(=O)[C@@H](CCCNC(=N)N)N2C(=O)CNC2=O)C(=O)N[C@@H](CCC(=O)O)C(=O)N[C@@H](Cc2cnc[nH]2)C(=O)N[C@H](Cc2ccccc2)C(=O)N[C@@H](CCCNC(=N)N)C(=O)N[C@@H](Cc2c[nH]c3ccccc23)C(=O)N1. The maximum absolute atomic E-state index is 14.8. The largest absolute Gasteiger partial charge is 0.481 e. The molecular formula is C53H70N18O12S2. The first-order chi connectivity index (χ1) is 40.7. The number of carboxylic acids is 1. The molecule has 85 heavy (non-hydrogen) atoms. The number of aromatic nitrogens is 3. The summed E-state index contributed by atoms with van der Waals surface area (Å²) >= 11 is 0. The van der Waals surface area contributed by atoms with E-state index in [1.165, 1.54) is 19.4 Å². The molecule has 6 rings (SSSR count). The third kappa shape index (κ3) is 20.0. The van der Waals surface area contributed by atoms with E-state index in [9.17, 15) is 57.8 Å². The van der Waals surface area contributed by atoms with E-state index >= 15 is 0 Å². The van der Waals surface area contributed by atoms with Crippen LogP contribution >= 0.6 is 21.6 Å². The van der Waals surface area contributed by atoms with Gasteiger partial charge >= 0.3 is 12.0 Å². The Morgan fingerprint density at radius 2 is 1.28 bits per heavy atom. The fourth-order valence-electron chi connectivity index (χ4n) is 9.17. The molecule has 0 radical (unpaired) electrons. The Kier molecular flexibility index (Phi) is 24.5. The van der Waals surface area contributed by atoms with Gasteiger partial charge in [0.05, 0.1) is 18.9 Å². The molecule has 2 aromatic heterocycles. The quantitative estimate of drug-likeness (QED) is 0.0136. The van der Waals surface area contributed by atoms with Gasteiger partial charge < -0.3 is 79.7 Å². The number of amides is 10. The van der Waals surface area contributed by atoms with Crippen molar-refractivity contribution >= 4 is 109 Å². The van der Waals surface area contributed by atoms with Crippen molar-refractivity contribution in [3.63, 3.8) is 0 Å². The lowest BCUT2D eigenvalue weighted by atomic mass is 10.0. The van der Waals surface area contributed by atoms with Crippen LogP contribution in [0.4, 0.5) is 4.79 Å². The number of hydrogen-bond donors (Lipinski definition) is 17. The maximum atomic E-state index is 14.8. The average Bonchev–Trinajstić information content (AvgIpc) is 3.65. The molecule has 0 bridgehead atoms. The number of guanidine groups is 2. The number of carbonyl (C=O) groups is 11. The lowest BCUT2D eigenvalue weighted by molar-refractivity contribution is -0.139. The van der Waals surface area contributed by atoms with E-state index in [1.807, 2.05) is 12.1 Å². The molecule has 30 nitrogen and oxygen atoms in total. The molecule has 0 unspecified atom stereocenters. The maximum Gasteiger partial charge on any atom is 0.325 e. The van der Waals surface area contributed by atoms with Crippen molar-refractivity contribution in [1.29, 1.82) is 10.8 Å². The summed E-state index contributed by atoms with van der Waals surface area (Å²) in [5, 5.41) is 51.9. The van der Waals surface area contributed by atoms with Crippen molar-refractivity contribution in [1.82, 2.24) is 73.0 Å². The van der Waals surface area contributed by atoms with Crippen LogP contribution in [0.3, 0.4) is 0 Å². The molecule has 2 aromatic carbocycles. The van der Waals surface area contributed by atoms with E-state index in [0.717, 1.165) is 32.5 Å². The molecule has 2 aliphatic heterocycles. The Bertz CT molecular complexity index is 3060. The van der Waals surface area contributed by atoms with Crippen LogP contribution in [-0.2, 0) is 67.2 Å². The number of imide groups is 1. The van der Waals surface area contributed by atoms with Crippen LogP contribution in [0.15, 0.2) is 73.3 Å². The van der Waals surface area contributed by atoms with Gasteiger partial charge in [0, 0.05) is 79.3 Å². The summed E-state index contributed by atoms with van der Waals surface area (Å²) < 4.78 is 0. The number of imidazole rings is 1. The number of hydrogen-bond acceptors (Lipinski definition) is 16. The molecule has 10 amide bonds. The van der Waals surface area contributed by atoms with Gasteiger partial charge in [0.25, 0.3) is 5.91 Å². The van der Waals surface area contributed by atoms with Crippen LogP contribution in [0.5, 0.6) is 0 Å². The first-order valence-corrected chi connectivity index (χ1v) is 29.6. The van der Waals surface area contributed by atoms with Gasteiger partial charge in [-0.05, 0) is 56.2 Å². The fourth-order valence-corrected chi connectivity index (χ4v) is 11.6. The van der Waals surface area contributed by atoms with Crippen molar-refractivity contribution in [2.75, 3.05) is 31.1 Å². The topological polar surface area (TPSA) is 476 Å². The zero-order valence-corrected chi connectivity index (χ0v) is 47.9. The van der Waals surface area contributed by atoms with Crippen LogP contribution in [0.1, 0.15) is 62.3 Å². The van der Waals surface area contributed by atoms with Gasteiger partial charge in [-0.25, -0.2) is 9.78 Å². The highest BCUT2D eigenvalue weighted by Crippen LogP contribution is 2.25. The van der Waals surface area contributed by atoms with Crippen molar-refractivity contribution < 1.29 is 57.8 Å². The summed E-state index contributed by atoms with van der Waals surface area (Å²) in [7, 11) is 1.91. The number of carboxylic acid groups (broad SMARTS) is 1. The molecule has 456 valence electrons. The normalized spacial score (nSPS) is 21.8. The van der Waals surface area contributed by atoms with Crippen LogP contribution < -0.4 is 64.6 Å². The van der Waals surface area contributed by atoms with E-state index in [-0.39, 0.29) is 81.5 Å². The molecule has 2 saturated heterocycles. The molecule has 4 aromatic rings. The van der Waals surface area contributed by atoms with Crippen molar-refractivity contribution in [2.45, 2.75) is 113 Å². The first kappa shape index (κ1) is 65.0. The lowest BCUT2D eigenvalue weighted by Crippen LogP contribution is -2.61. The number of carbonyl (C=O) groups excluding carboxylic acids is 10. The monoisotopic (exact) mass is 1210 g/mol. The summed E-state index contributed by atoms with van der Waals surface area (Å²) in [6, 6.07) is 2.81. The highest BCUT2D eigenvalue weighted by molar-refractivity contribution is 8.76. The smallest absolute Gasteiger partial charge is 0.325 e. The van der Waals surface area contributed by atoms with Gasteiger partial charge in [0.2, 0.25) is 41.4 Å². The average molecular weight is 1220 g/mol. The molecular weight excluding hydrogens is 1140 g/mol. The molecule has 2 aliphatic rings. The number of ketones is 1. The number of aromatic amines is 2. The van der Waals surface area contributed by atoms with Crippen molar-refractivity contribution in [3.05, 3.63) is 90.1 Å². The van der Waals surface area contributed by atoms with Gasteiger partial charge in [-0.2, -0.15) is 0 Å². The number of rotatable bonds is 21. The number of para-hydroxylation sites is 1. The van der Waals surface area contributed by atoms with Crippen LogP contribution in [-0.4, -0.2) is 181 Å². The van der Waals surface area contributed by atoms with Gasteiger partial charge in [-0.3, -0.25) is 63.7 Å². The van der Waals surface area contributed by atoms with Gasteiger partial charge in [0.1, 0.15) is 42.3 Å². The summed E-state index contributed by atoms with van der Waals surface area (Å²) in [4.78, 5) is 165. The number of aliphatic carboxylic acids is 1. The predicted molar refractivity (Wildman–Crippen MR) is 313 cm³/mol. The van der Waals surface area contributed by atoms with E-state index < -0.39 is 133 Å². The summed E-state index contributed by atoms with van der Waals surface area (Å²) in [5.74, 6) is -10.5. The molecule has 4 heterocycles. The highest BCUT2D eigenvalue weighted by Gasteiger charge is 2.41. The number of Topliss-reactive ketones (excluding diaryl/α,β-unsaturated/α-hetero) is 1. The summed E-state index contributed by atoms with van der Waals surface area (Å²) in [5.41, 5.74) is 13.2. The number of fused-ring (bicyclic) bond motifs is 1. The lowest BCUT2D eigenvalue weighted by Gasteiger charge is -2.28. The molecule has 0 spiro atoms. The third-order valence-corrected chi connectivity index (χ3v) is 16.0. The standard InChI is InChI=1S/C53H70N18O12S2/c1-28(72)39-25-84-85-26-40(70-50(82)41(14-8-18-60-52(56)57)71-42(73)24-62-53(71)83)49(81)65-35(15-16-43(74)75)45(77)68-38(21-31-23-58-27-63-31)48(80)66-36(19-29-9-3-2-4-10-29)46(78)64-34(13-7-17-59-51(54)55)44(76)67-37(47(79)69-39)20-30-22-61-33-12-6-5-11-32(30)33/h2-6,9-12,22-23,27,34-41,61H,7-8,13-21,24-26H2,1H3,(H,58,63)(H,62,83)(H,64,78)(H,65,81)(H,66,80)(H,67,76)(H,68,77)(H,69,79)(H,70,82)(H,74,75)(H4,54,55,59)(H4,56,57,60)/t34-,35-,36+,37-,38-,39-,40-,41+/m0/s1. The number of H-pyrrole nitrogens is 2. The Hall–Kier alpha value is -9.20. The summed E-state index contributed by atoms with van der Waals surface area (Å²) in [6.45, 7) is 0.925. The molecule has 19 N–H and O–H groups in total. The highest BCUT2D eigenvalue weighted by atomic mass is 33.1. The molecule has 0 aliphatic carbocycles. The Labute approximate surface area is 495 Å². The van der Waals surface area contributed by atoms with E-state index in [1.54, 1.807) is 48.7 Å². The Morgan fingerprint density at radius 3 is 1.91 bits per heavy atom. The minimum absolute atomic E-state index is 0.0470. The number of nitrogens with one attached hydrogen (secondary N) is 14. The van der Waals surface area contributed by atoms with Crippen LogP contribution in [0.2, 0.25) is 0 Å². The van der Waals surface area contributed by atoms with E-state index in [4.69, 9.17) is 22.3 Å². The second-order valence-corrected chi connectivity index (χ2v) is 22.5. The Balaban J connectivity index is 1.42. The van der Waals surface area contributed by atoms with E-state index in [2.05, 4.69) is 68.1 Å². The predicted octanol–water partition coefficient (Wildman–Crippen LogP) is -2.39. The van der Waals surface area contributed by atoms with Gasteiger partial charge in [-0.15, -0.1) is 0 Å². The fraction of sp³-hybridized carbons (Fsp3) is 0.434. The number of urea groups is 1. The van der Waals surface area contributed by atoms with Gasteiger partial charge in [0.15, 0.2) is 17.7 Å². The molecule has 8 atom stereocenters. The second kappa shape index (κ2) is 32.0. The molecule has 2 fully saturated rings. The Morgan fingerprint density at radius 1 is 0.706 bits per heavy atom.